The third-order valence-electron chi connectivity index (χ3n) is 7.95. The number of carbonyl (C=O) groups is 1. The molecule has 0 bridgehead atoms. The number of hydrogen-bond donors (Lipinski definition) is 1. The number of aromatic nitrogens is 1. The van der Waals surface area contributed by atoms with Gasteiger partial charge in [0.25, 0.3) is 0 Å². The normalized spacial score (nSPS) is 19.6. The molecular formula is C32H34ClN3O3. The Hall–Kier alpha value is -3.48. The molecule has 2 aliphatic rings. The van der Waals surface area contributed by atoms with Crippen LogP contribution in [0.2, 0.25) is 5.02 Å². The third-order valence-corrected chi connectivity index (χ3v) is 8.19. The maximum atomic E-state index is 13.5. The van der Waals surface area contributed by atoms with Crippen LogP contribution >= 0.6 is 11.6 Å². The van der Waals surface area contributed by atoms with Crippen molar-refractivity contribution in [2.24, 2.45) is 5.92 Å². The predicted octanol–water partition coefficient (Wildman–Crippen LogP) is 7.00. The van der Waals surface area contributed by atoms with Crippen LogP contribution in [0.25, 0.3) is 10.9 Å². The van der Waals surface area contributed by atoms with Gasteiger partial charge in [-0.2, -0.15) is 0 Å². The minimum absolute atomic E-state index is 0.320. The number of ether oxygens (including phenoxy) is 2. The summed E-state index contributed by atoms with van der Waals surface area (Å²) in [4.78, 5) is 21.3. The number of carbonyl (C=O) groups excluding carboxylic acids is 1. The molecule has 3 heterocycles. The number of aryl methyl sites for hydroxylation is 1. The Morgan fingerprint density at radius 1 is 1.03 bits per heavy atom. The summed E-state index contributed by atoms with van der Waals surface area (Å²) in [7, 11) is 2.17. The van der Waals surface area contributed by atoms with E-state index in [0.29, 0.717) is 29.7 Å². The van der Waals surface area contributed by atoms with Gasteiger partial charge in [-0.15, -0.1) is 0 Å². The highest BCUT2D eigenvalue weighted by Gasteiger charge is 2.36. The van der Waals surface area contributed by atoms with Crippen molar-refractivity contribution in [3.63, 3.8) is 0 Å². The first-order valence-corrected chi connectivity index (χ1v) is 14.1. The van der Waals surface area contributed by atoms with Crippen molar-refractivity contribution in [3.05, 3.63) is 94.1 Å². The molecule has 2 aliphatic heterocycles. The second kappa shape index (κ2) is 10.9. The monoisotopic (exact) mass is 543 g/mol. The van der Waals surface area contributed by atoms with Gasteiger partial charge < -0.3 is 19.4 Å². The summed E-state index contributed by atoms with van der Waals surface area (Å²) >= 11 is 6.35. The van der Waals surface area contributed by atoms with Crippen LogP contribution in [0.1, 0.15) is 41.3 Å². The fourth-order valence-electron chi connectivity index (χ4n) is 5.94. The first kappa shape index (κ1) is 25.8. The lowest BCUT2D eigenvalue weighted by Crippen LogP contribution is -2.42. The van der Waals surface area contributed by atoms with Crippen LogP contribution in [0.5, 0.6) is 11.5 Å². The Morgan fingerprint density at radius 3 is 2.56 bits per heavy atom. The maximum Gasteiger partial charge on any atom is 0.416 e. The average Bonchev–Trinajstić information content (AvgIpc) is 3.31. The Bertz CT molecular complexity index is 1460. The lowest BCUT2D eigenvalue weighted by molar-refractivity contribution is 0.135. The molecule has 0 aliphatic carbocycles. The first-order valence-electron chi connectivity index (χ1n) is 13.7. The summed E-state index contributed by atoms with van der Waals surface area (Å²) in [5, 5.41) is 1.80. The van der Waals surface area contributed by atoms with E-state index >= 15 is 0 Å². The molecule has 3 aromatic carbocycles. The van der Waals surface area contributed by atoms with E-state index in [4.69, 9.17) is 21.1 Å². The highest BCUT2D eigenvalue weighted by atomic mass is 35.5. The van der Waals surface area contributed by atoms with Gasteiger partial charge in [0.15, 0.2) is 0 Å². The van der Waals surface area contributed by atoms with E-state index < -0.39 is 0 Å². The largest absolute Gasteiger partial charge is 0.493 e. The number of likely N-dealkylation sites (tertiary alicyclic amines) is 1. The smallest absolute Gasteiger partial charge is 0.416 e. The van der Waals surface area contributed by atoms with Crippen LogP contribution in [0, 0.1) is 12.8 Å². The number of nitrogens with one attached hydrogen (secondary N) is 1. The van der Waals surface area contributed by atoms with E-state index in [0.717, 1.165) is 53.2 Å². The van der Waals surface area contributed by atoms with Crippen molar-refractivity contribution in [3.8, 4) is 11.5 Å². The van der Waals surface area contributed by atoms with E-state index in [1.54, 1.807) is 0 Å². The minimum Gasteiger partial charge on any atom is -0.493 e. The van der Waals surface area contributed by atoms with Gasteiger partial charge in [0, 0.05) is 40.6 Å². The molecule has 1 fully saturated rings. The predicted molar refractivity (Wildman–Crippen MR) is 155 cm³/mol. The molecular weight excluding hydrogens is 510 g/mol. The zero-order valence-corrected chi connectivity index (χ0v) is 23.2. The molecule has 0 radical (unpaired) electrons. The number of H-pyrrole nitrogens is 1. The Balaban J connectivity index is 1.29. The van der Waals surface area contributed by atoms with Gasteiger partial charge in [-0.05, 0) is 93.4 Å². The van der Waals surface area contributed by atoms with Crippen LogP contribution < -0.4 is 9.47 Å². The number of piperidine rings is 1. The highest BCUT2D eigenvalue weighted by molar-refractivity contribution is 6.31. The summed E-state index contributed by atoms with van der Waals surface area (Å²) in [6.45, 7) is 5.50. The Labute approximate surface area is 234 Å². The molecule has 1 N–H and O–H groups in total. The standard InChI is InChI=1S/C32H34ClN3O3/c1-21-5-10-26(11-6-21)39-32(37)36-17-15-27-28-18-24(33)9-14-29(28)34-30(27)31(36)23-7-12-25(13-8-23)38-20-22-4-3-16-35(2)19-22/h5-14,18,22,31,34H,3-4,15-17,19-20H2,1-2H3. The van der Waals surface area contributed by atoms with Crippen LogP contribution in [0.4, 0.5) is 4.79 Å². The van der Waals surface area contributed by atoms with E-state index in [9.17, 15) is 4.79 Å². The van der Waals surface area contributed by atoms with Crippen molar-refractivity contribution < 1.29 is 14.3 Å². The van der Waals surface area contributed by atoms with E-state index in [1.165, 1.54) is 18.4 Å². The van der Waals surface area contributed by atoms with Gasteiger partial charge in [0.1, 0.15) is 17.5 Å². The molecule has 202 valence electrons. The molecule has 7 heteroatoms. The Kier molecular flexibility index (Phi) is 7.24. The van der Waals surface area contributed by atoms with Crippen molar-refractivity contribution >= 4 is 28.6 Å². The van der Waals surface area contributed by atoms with Gasteiger partial charge in [-0.3, -0.25) is 4.90 Å². The first-order chi connectivity index (χ1) is 18.9. The Morgan fingerprint density at radius 2 is 1.79 bits per heavy atom. The number of benzene rings is 3. The van der Waals surface area contributed by atoms with Gasteiger partial charge >= 0.3 is 6.09 Å². The van der Waals surface area contributed by atoms with Gasteiger partial charge in [0.05, 0.1) is 6.61 Å². The highest BCUT2D eigenvalue weighted by Crippen LogP contribution is 2.40. The molecule has 4 aromatic rings. The summed E-state index contributed by atoms with van der Waals surface area (Å²) < 4.78 is 12.0. The zero-order valence-electron chi connectivity index (χ0n) is 22.5. The summed E-state index contributed by atoms with van der Waals surface area (Å²) in [5.74, 6) is 1.94. The number of aromatic amines is 1. The third kappa shape index (κ3) is 5.49. The van der Waals surface area contributed by atoms with Crippen molar-refractivity contribution in [2.45, 2.75) is 32.2 Å². The molecule has 1 amide bonds. The zero-order chi connectivity index (χ0) is 26.9. The van der Waals surface area contributed by atoms with E-state index in [1.807, 2.05) is 66.4 Å². The van der Waals surface area contributed by atoms with Crippen molar-refractivity contribution in [2.75, 3.05) is 33.3 Å². The quantitative estimate of drug-likeness (QED) is 0.294. The summed E-state index contributed by atoms with van der Waals surface area (Å²) in [6.07, 6.45) is 2.77. The lowest BCUT2D eigenvalue weighted by Gasteiger charge is -2.35. The topological polar surface area (TPSA) is 57.8 Å². The second-order valence-electron chi connectivity index (χ2n) is 10.9. The fourth-order valence-corrected chi connectivity index (χ4v) is 6.11. The van der Waals surface area contributed by atoms with Crippen molar-refractivity contribution in [1.29, 1.82) is 0 Å². The molecule has 6 rings (SSSR count). The van der Waals surface area contributed by atoms with E-state index in [-0.39, 0.29) is 12.1 Å². The van der Waals surface area contributed by atoms with Crippen LogP contribution in [-0.2, 0) is 6.42 Å². The van der Waals surface area contributed by atoms with Gasteiger partial charge in [-0.25, -0.2) is 4.79 Å². The number of rotatable bonds is 5. The maximum absolute atomic E-state index is 13.5. The molecule has 2 atom stereocenters. The average molecular weight is 544 g/mol. The molecule has 0 saturated carbocycles. The van der Waals surface area contributed by atoms with Crippen LogP contribution in [-0.4, -0.2) is 54.2 Å². The summed E-state index contributed by atoms with van der Waals surface area (Å²) in [6, 6.07) is 21.3. The molecule has 2 unspecified atom stereocenters. The lowest BCUT2D eigenvalue weighted by atomic mass is 9.92. The second-order valence-corrected chi connectivity index (χ2v) is 11.3. The molecule has 6 nitrogen and oxygen atoms in total. The number of halogens is 1. The fraction of sp³-hybridized carbons (Fsp3) is 0.344. The number of amides is 1. The molecule has 39 heavy (non-hydrogen) atoms. The molecule has 1 aromatic heterocycles. The van der Waals surface area contributed by atoms with Gasteiger partial charge in [-0.1, -0.05) is 41.4 Å². The number of hydrogen-bond acceptors (Lipinski definition) is 4. The van der Waals surface area contributed by atoms with Crippen LogP contribution in [0.15, 0.2) is 66.7 Å². The van der Waals surface area contributed by atoms with Gasteiger partial charge in [0.2, 0.25) is 0 Å². The minimum atomic E-state index is -0.368. The number of nitrogens with zero attached hydrogens (tertiary/aromatic N) is 2. The summed E-state index contributed by atoms with van der Waals surface area (Å²) in [5.41, 5.74) is 5.32. The molecule has 0 spiro atoms. The van der Waals surface area contributed by atoms with Crippen molar-refractivity contribution in [1.82, 2.24) is 14.8 Å². The SMILES string of the molecule is Cc1ccc(OC(=O)N2CCc3c([nH]c4ccc(Cl)cc34)C2c2ccc(OCC3CCCN(C)C3)cc2)cc1. The van der Waals surface area contributed by atoms with Crippen LogP contribution in [0.3, 0.4) is 0 Å². The molecule has 1 saturated heterocycles. The van der Waals surface area contributed by atoms with E-state index in [2.05, 4.69) is 29.1 Å². The number of fused-ring (bicyclic) bond motifs is 3.